The molecule has 0 atom stereocenters. The number of aromatic nitrogens is 4. The van der Waals surface area contributed by atoms with Crippen LogP contribution in [0.25, 0.3) is 33.6 Å². The zero-order valence-electron chi connectivity index (χ0n) is 12.8. The standard InChI is InChI=1S/C16H8Cl2N6O2/c17-9-4-5-10(18)12-11(9)20-13-14(19)22-15(23-16(13)21-12)7-2-1-3-8(6-7)24(25)26/h1-6H,(H2,19,21,22,23). The van der Waals surface area contributed by atoms with E-state index in [0.717, 1.165) is 0 Å². The first-order chi connectivity index (χ1) is 12.4. The van der Waals surface area contributed by atoms with E-state index in [1.54, 1.807) is 24.3 Å². The van der Waals surface area contributed by atoms with Gasteiger partial charge < -0.3 is 5.73 Å². The molecule has 0 spiro atoms. The summed E-state index contributed by atoms with van der Waals surface area (Å²) in [6.07, 6.45) is 0. The fraction of sp³-hybridized carbons (Fsp3) is 0. The van der Waals surface area contributed by atoms with Crippen LogP contribution in [0.1, 0.15) is 0 Å². The van der Waals surface area contributed by atoms with Gasteiger partial charge in [0.15, 0.2) is 22.8 Å². The molecule has 0 aliphatic carbocycles. The maximum Gasteiger partial charge on any atom is 0.270 e. The average Bonchev–Trinajstić information content (AvgIpc) is 2.64. The van der Waals surface area contributed by atoms with Gasteiger partial charge in [0.25, 0.3) is 5.69 Å². The molecule has 4 aromatic rings. The van der Waals surface area contributed by atoms with Crippen molar-refractivity contribution in [1.82, 2.24) is 19.9 Å². The number of nitrogen functional groups attached to an aromatic ring is 1. The molecule has 4 rings (SSSR count). The second-order valence-corrected chi connectivity index (χ2v) is 6.18. The highest BCUT2D eigenvalue weighted by Gasteiger charge is 2.15. The van der Waals surface area contributed by atoms with Gasteiger partial charge in [-0.3, -0.25) is 10.1 Å². The van der Waals surface area contributed by atoms with Crippen molar-refractivity contribution in [2.24, 2.45) is 0 Å². The van der Waals surface area contributed by atoms with Crippen LogP contribution in [0.5, 0.6) is 0 Å². The van der Waals surface area contributed by atoms with E-state index in [1.807, 2.05) is 0 Å². The van der Waals surface area contributed by atoms with Crippen LogP contribution < -0.4 is 5.73 Å². The molecule has 0 saturated heterocycles. The van der Waals surface area contributed by atoms with Gasteiger partial charge in [-0.2, -0.15) is 0 Å². The average molecular weight is 387 g/mol. The van der Waals surface area contributed by atoms with E-state index in [2.05, 4.69) is 19.9 Å². The molecule has 0 fully saturated rings. The van der Waals surface area contributed by atoms with E-state index < -0.39 is 4.92 Å². The molecule has 2 aromatic carbocycles. The Morgan fingerprint density at radius 1 is 0.923 bits per heavy atom. The third-order valence-electron chi connectivity index (χ3n) is 3.70. The quantitative estimate of drug-likeness (QED) is 0.313. The Labute approximate surface area is 155 Å². The number of halogens is 2. The predicted octanol–water partition coefficient (Wildman–Crippen LogP) is 4.04. The Hall–Kier alpha value is -3.10. The van der Waals surface area contributed by atoms with Gasteiger partial charge in [-0.1, -0.05) is 35.3 Å². The van der Waals surface area contributed by atoms with E-state index in [1.165, 1.54) is 12.1 Å². The molecular formula is C16H8Cl2N6O2. The number of hydrogen-bond acceptors (Lipinski definition) is 7. The number of non-ortho nitro benzene ring substituents is 1. The summed E-state index contributed by atoms with van der Waals surface area (Å²) in [5.74, 6) is 0.285. The van der Waals surface area contributed by atoms with E-state index in [9.17, 15) is 10.1 Å². The van der Waals surface area contributed by atoms with Crippen molar-refractivity contribution in [3.05, 3.63) is 56.6 Å². The molecule has 0 aliphatic rings. The van der Waals surface area contributed by atoms with Crippen molar-refractivity contribution in [3.63, 3.8) is 0 Å². The minimum Gasteiger partial charge on any atom is -0.382 e. The van der Waals surface area contributed by atoms with Crippen LogP contribution in [-0.2, 0) is 0 Å². The van der Waals surface area contributed by atoms with Gasteiger partial charge in [0.1, 0.15) is 11.0 Å². The first-order valence-electron chi connectivity index (χ1n) is 7.28. The predicted molar refractivity (Wildman–Crippen MR) is 99.2 cm³/mol. The molecule has 128 valence electrons. The first-order valence-corrected chi connectivity index (χ1v) is 8.03. The molecule has 0 amide bonds. The number of hydrogen-bond donors (Lipinski definition) is 1. The zero-order chi connectivity index (χ0) is 18.4. The Balaban J connectivity index is 1.99. The Bertz CT molecular complexity index is 1210. The molecule has 10 heteroatoms. The van der Waals surface area contributed by atoms with Crippen LogP contribution in [0, 0.1) is 10.1 Å². The second kappa shape index (κ2) is 6.01. The molecule has 0 bridgehead atoms. The molecule has 0 radical (unpaired) electrons. The zero-order valence-corrected chi connectivity index (χ0v) is 14.4. The van der Waals surface area contributed by atoms with E-state index in [4.69, 9.17) is 28.9 Å². The van der Waals surface area contributed by atoms with E-state index >= 15 is 0 Å². The highest BCUT2D eigenvalue weighted by molar-refractivity contribution is 6.39. The molecule has 0 unspecified atom stereocenters. The monoisotopic (exact) mass is 386 g/mol. The van der Waals surface area contributed by atoms with Crippen molar-refractivity contribution in [2.75, 3.05) is 5.73 Å². The largest absolute Gasteiger partial charge is 0.382 e. The van der Waals surface area contributed by atoms with Crippen LogP contribution >= 0.6 is 23.2 Å². The van der Waals surface area contributed by atoms with Crippen LogP contribution in [0.3, 0.4) is 0 Å². The van der Waals surface area contributed by atoms with E-state index in [0.29, 0.717) is 26.6 Å². The molecule has 2 heterocycles. The first kappa shape index (κ1) is 16.4. The molecule has 0 saturated carbocycles. The second-order valence-electron chi connectivity index (χ2n) is 5.36. The summed E-state index contributed by atoms with van der Waals surface area (Å²) in [6.45, 7) is 0. The minimum atomic E-state index is -0.497. The summed E-state index contributed by atoms with van der Waals surface area (Å²) in [7, 11) is 0. The summed E-state index contributed by atoms with van der Waals surface area (Å²) < 4.78 is 0. The van der Waals surface area contributed by atoms with E-state index in [-0.39, 0.29) is 28.5 Å². The number of nitrogens with zero attached hydrogens (tertiary/aromatic N) is 5. The Morgan fingerprint density at radius 3 is 2.31 bits per heavy atom. The van der Waals surface area contributed by atoms with Gasteiger partial charge in [-0.05, 0) is 12.1 Å². The smallest absolute Gasteiger partial charge is 0.270 e. The summed E-state index contributed by atoms with van der Waals surface area (Å²) in [4.78, 5) is 27.8. The number of nitro groups is 1. The molecule has 0 aliphatic heterocycles. The Kier molecular flexibility index (Phi) is 3.78. The minimum absolute atomic E-state index is 0.0795. The fourth-order valence-corrected chi connectivity index (χ4v) is 2.88. The highest BCUT2D eigenvalue weighted by atomic mass is 35.5. The van der Waals surface area contributed by atoms with Crippen molar-refractivity contribution in [2.45, 2.75) is 0 Å². The van der Waals surface area contributed by atoms with Crippen molar-refractivity contribution >= 4 is 56.9 Å². The third kappa shape index (κ3) is 2.65. The highest BCUT2D eigenvalue weighted by Crippen LogP contribution is 2.30. The molecule has 2 aromatic heterocycles. The van der Waals surface area contributed by atoms with Gasteiger partial charge >= 0.3 is 0 Å². The molecule has 26 heavy (non-hydrogen) atoms. The summed E-state index contributed by atoms with van der Waals surface area (Å²) >= 11 is 12.3. The summed E-state index contributed by atoms with van der Waals surface area (Å²) in [5, 5.41) is 11.7. The summed E-state index contributed by atoms with van der Waals surface area (Å²) in [6, 6.07) is 9.15. The van der Waals surface area contributed by atoms with Gasteiger partial charge in [0, 0.05) is 17.7 Å². The fourth-order valence-electron chi connectivity index (χ4n) is 2.49. The number of benzene rings is 2. The number of rotatable bonds is 2. The van der Waals surface area contributed by atoms with Crippen LogP contribution in [0.2, 0.25) is 10.0 Å². The third-order valence-corrected chi connectivity index (χ3v) is 4.31. The van der Waals surface area contributed by atoms with Crippen LogP contribution in [-0.4, -0.2) is 24.9 Å². The summed E-state index contributed by atoms with van der Waals surface area (Å²) in [5.41, 5.74) is 7.64. The number of anilines is 1. The van der Waals surface area contributed by atoms with Gasteiger partial charge in [-0.25, -0.2) is 19.9 Å². The van der Waals surface area contributed by atoms with Crippen molar-refractivity contribution in [3.8, 4) is 11.4 Å². The molecule has 2 N–H and O–H groups in total. The number of fused-ring (bicyclic) bond motifs is 2. The Morgan fingerprint density at radius 2 is 1.62 bits per heavy atom. The van der Waals surface area contributed by atoms with Crippen molar-refractivity contribution < 1.29 is 4.92 Å². The number of nitro benzene ring substituents is 1. The van der Waals surface area contributed by atoms with Crippen LogP contribution in [0.4, 0.5) is 11.5 Å². The lowest BCUT2D eigenvalue weighted by Crippen LogP contribution is -2.02. The van der Waals surface area contributed by atoms with Gasteiger partial charge in [0.2, 0.25) is 0 Å². The molecule has 8 nitrogen and oxygen atoms in total. The topological polar surface area (TPSA) is 121 Å². The number of nitrogens with two attached hydrogens (primary N) is 1. The molecular weight excluding hydrogens is 379 g/mol. The lowest BCUT2D eigenvalue weighted by atomic mass is 10.2. The van der Waals surface area contributed by atoms with Crippen molar-refractivity contribution in [1.29, 1.82) is 0 Å². The van der Waals surface area contributed by atoms with Gasteiger partial charge in [0.05, 0.1) is 15.0 Å². The maximum absolute atomic E-state index is 11.0. The maximum atomic E-state index is 11.0. The lowest BCUT2D eigenvalue weighted by molar-refractivity contribution is -0.384. The SMILES string of the molecule is Nc1nc(-c2cccc([N+](=O)[O-])c2)nc2nc3c(Cl)ccc(Cl)c3nc12. The van der Waals surface area contributed by atoms with Crippen LogP contribution in [0.15, 0.2) is 36.4 Å². The lowest BCUT2D eigenvalue weighted by Gasteiger charge is -2.07. The normalized spacial score (nSPS) is 11.2. The van der Waals surface area contributed by atoms with Gasteiger partial charge in [-0.15, -0.1) is 0 Å².